The third kappa shape index (κ3) is 4.71. The lowest BCUT2D eigenvalue weighted by atomic mass is 9.98. The van der Waals surface area contributed by atoms with Crippen LogP contribution in [0.3, 0.4) is 0 Å². The number of hydrogen-bond acceptors (Lipinski definition) is 4. The van der Waals surface area contributed by atoms with Gasteiger partial charge in [-0.3, -0.25) is 9.59 Å². The fraction of sp³-hybridized carbons (Fsp3) is 0.375. The Morgan fingerprint density at radius 3 is 2.23 bits per heavy atom. The molecule has 2 atom stereocenters. The van der Waals surface area contributed by atoms with Gasteiger partial charge in [-0.15, -0.1) is 0 Å². The molecule has 2 amide bonds. The molecule has 31 heavy (non-hydrogen) atoms. The lowest BCUT2D eigenvalue weighted by molar-refractivity contribution is -0.141. The largest absolute Gasteiger partial charge is 0.481 e. The maximum absolute atomic E-state index is 12.1. The van der Waals surface area contributed by atoms with Gasteiger partial charge in [0, 0.05) is 24.9 Å². The third-order valence-corrected chi connectivity index (χ3v) is 6.11. The molecule has 0 spiro atoms. The van der Waals surface area contributed by atoms with Crippen LogP contribution in [0.2, 0.25) is 0 Å². The van der Waals surface area contributed by atoms with Crippen LogP contribution >= 0.6 is 0 Å². The molecule has 2 aromatic rings. The highest BCUT2D eigenvalue weighted by atomic mass is 16.5. The molecule has 0 aliphatic heterocycles. The van der Waals surface area contributed by atoms with E-state index in [2.05, 4.69) is 34.9 Å². The highest BCUT2D eigenvalue weighted by Crippen LogP contribution is 2.44. The molecule has 0 unspecified atom stereocenters. The van der Waals surface area contributed by atoms with Gasteiger partial charge in [0.05, 0.1) is 5.92 Å². The zero-order valence-electron chi connectivity index (χ0n) is 17.2. The van der Waals surface area contributed by atoms with Crippen molar-refractivity contribution in [3.05, 3.63) is 59.7 Å². The van der Waals surface area contributed by atoms with Crippen molar-refractivity contribution < 1.29 is 24.2 Å². The van der Waals surface area contributed by atoms with Crippen LogP contribution < -0.4 is 10.6 Å². The summed E-state index contributed by atoms with van der Waals surface area (Å²) < 4.78 is 5.45. The van der Waals surface area contributed by atoms with Crippen LogP contribution in [0, 0.1) is 5.92 Å². The van der Waals surface area contributed by atoms with E-state index in [4.69, 9.17) is 9.84 Å². The lowest BCUT2D eigenvalue weighted by Gasteiger charge is -2.15. The number of alkyl carbamates (subject to hydrolysis) is 1. The summed E-state index contributed by atoms with van der Waals surface area (Å²) in [5, 5.41) is 14.5. The third-order valence-electron chi connectivity index (χ3n) is 6.11. The molecule has 1 saturated carbocycles. The van der Waals surface area contributed by atoms with Gasteiger partial charge in [0.25, 0.3) is 0 Å². The van der Waals surface area contributed by atoms with Crippen molar-refractivity contribution in [2.24, 2.45) is 5.92 Å². The van der Waals surface area contributed by atoms with Gasteiger partial charge < -0.3 is 20.5 Å². The molecule has 0 radical (unpaired) electrons. The number of hydrogen-bond donors (Lipinski definition) is 3. The molecule has 0 bridgehead atoms. The van der Waals surface area contributed by atoms with Gasteiger partial charge in [0.15, 0.2) is 0 Å². The van der Waals surface area contributed by atoms with Crippen molar-refractivity contribution >= 4 is 18.0 Å². The Morgan fingerprint density at radius 2 is 1.61 bits per heavy atom. The second-order valence-electron chi connectivity index (χ2n) is 8.11. The standard InChI is InChI=1S/C24H26N2O5/c27-22(26-16-10-9-15(13-16)23(28)29)11-12-25-24(30)31-14-21-19-7-3-1-5-17(19)18-6-2-4-8-20(18)21/h1-8,15-16,21H,9-14H2,(H,25,30)(H,26,27)(H,28,29)/t15-,16+/m1/s1. The number of rotatable bonds is 7. The van der Waals surface area contributed by atoms with Crippen LogP contribution in [0.5, 0.6) is 0 Å². The minimum atomic E-state index is -0.811. The van der Waals surface area contributed by atoms with Crippen molar-refractivity contribution in [1.82, 2.24) is 10.6 Å². The van der Waals surface area contributed by atoms with Gasteiger partial charge in [-0.05, 0) is 41.5 Å². The van der Waals surface area contributed by atoms with E-state index >= 15 is 0 Å². The average molecular weight is 422 g/mol. The Hall–Kier alpha value is -3.35. The van der Waals surface area contributed by atoms with Crippen LogP contribution in [-0.2, 0) is 14.3 Å². The van der Waals surface area contributed by atoms with Crippen LogP contribution in [0.25, 0.3) is 11.1 Å². The summed E-state index contributed by atoms with van der Waals surface area (Å²) in [6.07, 6.45) is 1.28. The highest BCUT2D eigenvalue weighted by Gasteiger charge is 2.31. The van der Waals surface area contributed by atoms with Crippen molar-refractivity contribution in [2.75, 3.05) is 13.2 Å². The molecule has 7 nitrogen and oxygen atoms in total. The Bertz CT molecular complexity index is 944. The number of ether oxygens (including phenoxy) is 1. The fourth-order valence-corrected chi connectivity index (χ4v) is 4.56. The molecule has 0 aromatic heterocycles. The number of carboxylic acids is 1. The molecule has 1 fully saturated rings. The predicted molar refractivity (Wildman–Crippen MR) is 115 cm³/mol. The van der Waals surface area contributed by atoms with Crippen LogP contribution in [0.1, 0.15) is 42.7 Å². The van der Waals surface area contributed by atoms with E-state index in [-0.39, 0.29) is 43.4 Å². The topological polar surface area (TPSA) is 105 Å². The zero-order chi connectivity index (χ0) is 21.8. The van der Waals surface area contributed by atoms with E-state index < -0.39 is 12.1 Å². The molecule has 0 heterocycles. The van der Waals surface area contributed by atoms with Gasteiger partial charge in [-0.2, -0.15) is 0 Å². The van der Waals surface area contributed by atoms with Crippen molar-refractivity contribution in [2.45, 2.75) is 37.6 Å². The first-order chi connectivity index (χ1) is 15.0. The number of aliphatic carboxylic acids is 1. The molecule has 2 aromatic carbocycles. The lowest BCUT2D eigenvalue weighted by Crippen LogP contribution is -2.36. The number of amides is 2. The van der Waals surface area contributed by atoms with Gasteiger partial charge >= 0.3 is 12.1 Å². The van der Waals surface area contributed by atoms with Crippen molar-refractivity contribution in [1.29, 1.82) is 0 Å². The smallest absolute Gasteiger partial charge is 0.407 e. The van der Waals surface area contributed by atoms with Crippen LogP contribution in [-0.4, -0.2) is 42.3 Å². The first kappa shape index (κ1) is 20.9. The summed E-state index contributed by atoms with van der Waals surface area (Å²) in [5.74, 6) is -1.40. The SMILES string of the molecule is O=C(CCNC(=O)OCC1c2ccccc2-c2ccccc21)N[C@H]1CC[C@@H](C(=O)O)C1. The van der Waals surface area contributed by atoms with E-state index in [0.717, 1.165) is 11.1 Å². The van der Waals surface area contributed by atoms with Gasteiger partial charge in [0.1, 0.15) is 6.61 Å². The predicted octanol–water partition coefficient (Wildman–Crippen LogP) is 3.28. The summed E-state index contributed by atoms with van der Waals surface area (Å²) in [7, 11) is 0. The van der Waals surface area contributed by atoms with Crippen molar-refractivity contribution in [3.63, 3.8) is 0 Å². The van der Waals surface area contributed by atoms with Gasteiger partial charge in [-0.1, -0.05) is 48.5 Å². The maximum atomic E-state index is 12.1. The average Bonchev–Trinajstić information content (AvgIpc) is 3.35. The number of nitrogens with one attached hydrogen (secondary N) is 2. The minimum Gasteiger partial charge on any atom is -0.481 e. The van der Waals surface area contributed by atoms with E-state index in [0.29, 0.717) is 19.3 Å². The minimum absolute atomic E-state index is 0.00834. The van der Waals surface area contributed by atoms with Gasteiger partial charge in [-0.25, -0.2) is 4.79 Å². The van der Waals surface area contributed by atoms with E-state index in [1.165, 1.54) is 11.1 Å². The summed E-state index contributed by atoms with van der Waals surface area (Å²) >= 11 is 0. The molecule has 4 rings (SSSR count). The van der Waals surface area contributed by atoms with Crippen LogP contribution in [0.15, 0.2) is 48.5 Å². The maximum Gasteiger partial charge on any atom is 0.407 e. The molecule has 2 aliphatic rings. The van der Waals surface area contributed by atoms with E-state index in [1.807, 2.05) is 24.3 Å². The number of fused-ring (bicyclic) bond motifs is 3. The Morgan fingerprint density at radius 1 is 0.968 bits per heavy atom. The van der Waals surface area contributed by atoms with Crippen LogP contribution in [0.4, 0.5) is 4.79 Å². The second kappa shape index (κ2) is 9.20. The summed E-state index contributed by atoms with van der Waals surface area (Å²) in [5.41, 5.74) is 4.63. The summed E-state index contributed by atoms with van der Waals surface area (Å²) in [4.78, 5) is 35.2. The van der Waals surface area contributed by atoms with Gasteiger partial charge in [0.2, 0.25) is 5.91 Å². The Kier molecular flexibility index (Phi) is 6.21. The molecular formula is C24H26N2O5. The van der Waals surface area contributed by atoms with E-state index in [9.17, 15) is 14.4 Å². The quantitative estimate of drug-likeness (QED) is 0.635. The second-order valence-corrected chi connectivity index (χ2v) is 8.11. The first-order valence-corrected chi connectivity index (χ1v) is 10.6. The summed E-state index contributed by atoms with van der Waals surface area (Å²) in [6.45, 7) is 0.391. The Labute approximate surface area is 180 Å². The molecule has 0 saturated heterocycles. The number of benzene rings is 2. The molecule has 162 valence electrons. The molecular weight excluding hydrogens is 396 g/mol. The highest BCUT2D eigenvalue weighted by molar-refractivity contribution is 5.79. The number of carbonyl (C=O) groups is 3. The molecule has 3 N–H and O–H groups in total. The zero-order valence-corrected chi connectivity index (χ0v) is 17.2. The molecule has 7 heteroatoms. The van der Waals surface area contributed by atoms with Crippen molar-refractivity contribution in [3.8, 4) is 11.1 Å². The first-order valence-electron chi connectivity index (χ1n) is 10.6. The molecule has 2 aliphatic carbocycles. The van der Waals surface area contributed by atoms with E-state index in [1.54, 1.807) is 0 Å². The number of carbonyl (C=O) groups excluding carboxylic acids is 2. The monoisotopic (exact) mass is 422 g/mol. The fourth-order valence-electron chi connectivity index (χ4n) is 4.56. The normalized spacial score (nSPS) is 19.4. The summed E-state index contributed by atoms with van der Waals surface area (Å²) in [6, 6.07) is 16.1. The number of carboxylic acid groups (broad SMARTS) is 1. The Balaban J connectivity index is 1.22.